The Labute approximate surface area is 152 Å². The number of hydrogen-bond acceptors (Lipinski definition) is 5. The van der Waals surface area contributed by atoms with Crippen LogP contribution < -0.4 is 20.9 Å². The molecule has 2 atom stereocenters. The number of nitrogens with zero attached hydrogens (tertiary/aromatic N) is 2. The van der Waals surface area contributed by atoms with Gasteiger partial charge in [0, 0.05) is 49.5 Å². The first-order chi connectivity index (χ1) is 12.4. The molecule has 1 aromatic carbocycles. The van der Waals surface area contributed by atoms with Gasteiger partial charge < -0.3 is 10.6 Å². The molecule has 0 aliphatic carbocycles. The molecule has 26 heavy (non-hydrogen) atoms. The molecule has 3 rings (SSSR count). The van der Waals surface area contributed by atoms with E-state index in [1.165, 1.54) is 4.90 Å². The van der Waals surface area contributed by atoms with Crippen LogP contribution in [0.2, 0.25) is 0 Å². The van der Waals surface area contributed by atoms with Crippen LogP contribution in [0.25, 0.3) is 0 Å². The quantitative estimate of drug-likeness (QED) is 0.738. The van der Waals surface area contributed by atoms with Gasteiger partial charge in [0.1, 0.15) is 0 Å². The van der Waals surface area contributed by atoms with Crippen LogP contribution in [0.3, 0.4) is 0 Å². The molecule has 0 bridgehead atoms. The van der Waals surface area contributed by atoms with Crippen LogP contribution in [0.5, 0.6) is 0 Å². The van der Waals surface area contributed by atoms with E-state index in [0.29, 0.717) is 36.5 Å². The molecule has 2 saturated heterocycles. The minimum atomic E-state index is -0.417. The molecule has 4 amide bonds. The van der Waals surface area contributed by atoms with Gasteiger partial charge in [-0.25, -0.2) is 4.79 Å². The van der Waals surface area contributed by atoms with Crippen LogP contribution in [0.4, 0.5) is 16.2 Å². The Bertz CT molecular complexity index is 681. The van der Waals surface area contributed by atoms with E-state index in [-0.39, 0.29) is 18.2 Å². The molecule has 2 unspecified atom stereocenters. The van der Waals surface area contributed by atoms with Gasteiger partial charge >= 0.3 is 6.03 Å². The summed E-state index contributed by atoms with van der Waals surface area (Å²) in [6.07, 6.45) is 0.283. The minimum absolute atomic E-state index is 0.0559. The zero-order chi connectivity index (χ0) is 18.7. The molecule has 0 saturated carbocycles. The van der Waals surface area contributed by atoms with Crippen molar-refractivity contribution in [3.63, 3.8) is 0 Å². The zero-order valence-electron chi connectivity index (χ0n) is 15.1. The van der Waals surface area contributed by atoms with Crippen LogP contribution in [-0.2, 0) is 9.59 Å². The van der Waals surface area contributed by atoms with Gasteiger partial charge in [0.15, 0.2) is 0 Å². The first-order valence-electron chi connectivity index (χ1n) is 8.92. The van der Waals surface area contributed by atoms with Crippen molar-refractivity contribution in [2.24, 2.45) is 0 Å². The molecule has 1 aromatic rings. The molecule has 0 spiro atoms. The van der Waals surface area contributed by atoms with E-state index in [1.54, 1.807) is 24.3 Å². The lowest BCUT2D eigenvalue weighted by Gasteiger charge is -2.38. The van der Waals surface area contributed by atoms with Crippen molar-refractivity contribution < 1.29 is 14.4 Å². The highest BCUT2D eigenvalue weighted by atomic mass is 16.2. The van der Waals surface area contributed by atoms with Gasteiger partial charge in [-0.05, 0) is 38.1 Å². The average molecular weight is 359 g/mol. The third kappa shape index (κ3) is 4.20. The summed E-state index contributed by atoms with van der Waals surface area (Å²) in [5, 5.41) is 8.55. The number of benzene rings is 1. The van der Waals surface area contributed by atoms with Crippen LogP contribution in [0.15, 0.2) is 24.3 Å². The number of urea groups is 1. The molecule has 3 N–H and O–H groups in total. The number of piperazine rings is 1. The second-order valence-corrected chi connectivity index (χ2v) is 6.88. The average Bonchev–Trinajstić information content (AvgIpc) is 2.59. The molecule has 140 valence electrons. The van der Waals surface area contributed by atoms with Gasteiger partial charge in [0.05, 0.1) is 6.54 Å². The van der Waals surface area contributed by atoms with E-state index in [2.05, 4.69) is 34.7 Å². The number of amides is 4. The summed E-state index contributed by atoms with van der Waals surface area (Å²) >= 11 is 0. The Morgan fingerprint density at radius 2 is 1.81 bits per heavy atom. The fourth-order valence-electron chi connectivity index (χ4n) is 3.38. The Morgan fingerprint density at radius 3 is 2.42 bits per heavy atom. The largest absolute Gasteiger partial charge is 0.328 e. The van der Waals surface area contributed by atoms with Gasteiger partial charge in [0.25, 0.3) is 0 Å². The second kappa shape index (κ2) is 7.84. The van der Waals surface area contributed by atoms with Gasteiger partial charge in [-0.15, -0.1) is 0 Å². The fraction of sp³-hybridized carbons (Fsp3) is 0.500. The molecule has 2 heterocycles. The third-order valence-corrected chi connectivity index (χ3v) is 4.85. The lowest BCUT2D eigenvalue weighted by atomic mass is 10.1. The summed E-state index contributed by atoms with van der Waals surface area (Å²) in [5.74, 6) is -0.314. The van der Waals surface area contributed by atoms with E-state index in [9.17, 15) is 14.4 Å². The highest BCUT2D eigenvalue weighted by Crippen LogP contribution is 2.20. The maximum absolute atomic E-state index is 12.4. The Balaban J connectivity index is 1.58. The maximum atomic E-state index is 12.4. The van der Waals surface area contributed by atoms with Gasteiger partial charge in [-0.3, -0.25) is 24.7 Å². The Hall–Kier alpha value is -2.45. The molecule has 0 radical (unpaired) electrons. The summed E-state index contributed by atoms with van der Waals surface area (Å²) in [5.41, 5.74) is 1.38. The number of imide groups is 1. The minimum Gasteiger partial charge on any atom is -0.325 e. The topological polar surface area (TPSA) is 93.8 Å². The first kappa shape index (κ1) is 18.3. The number of rotatable bonds is 4. The molecular weight excluding hydrogens is 334 g/mol. The van der Waals surface area contributed by atoms with Crippen LogP contribution in [0, 0.1) is 0 Å². The molecular formula is C18H25N5O3. The maximum Gasteiger partial charge on any atom is 0.328 e. The Morgan fingerprint density at radius 1 is 1.15 bits per heavy atom. The zero-order valence-corrected chi connectivity index (χ0v) is 15.1. The highest BCUT2D eigenvalue weighted by Gasteiger charge is 2.26. The molecule has 2 aliphatic heterocycles. The monoisotopic (exact) mass is 359 g/mol. The van der Waals surface area contributed by atoms with Crippen molar-refractivity contribution in [3.05, 3.63) is 24.3 Å². The molecule has 0 aromatic heterocycles. The normalized spacial score (nSPS) is 24.3. The second-order valence-electron chi connectivity index (χ2n) is 6.88. The summed E-state index contributed by atoms with van der Waals surface area (Å²) in [6.45, 7) is 6.69. The number of hydrogen-bond donors (Lipinski definition) is 3. The predicted octanol–water partition coefficient (Wildman–Crippen LogP) is 0.754. The highest BCUT2D eigenvalue weighted by molar-refractivity contribution is 6.05. The fourth-order valence-corrected chi connectivity index (χ4v) is 3.38. The van der Waals surface area contributed by atoms with Crippen molar-refractivity contribution in [3.8, 4) is 0 Å². The molecule has 2 aliphatic rings. The third-order valence-electron chi connectivity index (χ3n) is 4.85. The van der Waals surface area contributed by atoms with Gasteiger partial charge in [-0.1, -0.05) is 0 Å². The lowest BCUT2D eigenvalue weighted by Crippen LogP contribution is -2.56. The first-order valence-corrected chi connectivity index (χ1v) is 8.92. The number of carbonyl (C=O) groups is 3. The van der Waals surface area contributed by atoms with Crippen LogP contribution in [0.1, 0.15) is 20.3 Å². The van der Waals surface area contributed by atoms with E-state index >= 15 is 0 Å². The summed E-state index contributed by atoms with van der Waals surface area (Å²) in [7, 11) is 0. The van der Waals surface area contributed by atoms with Crippen molar-refractivity contribution in [1.29, 1.82) is 0 Å². The SMILES string of the molecule is CC1CNCC(C)N1CC(=O)Nc1ccc(N2CCC(=O)NC2=O)cc1. The Kier molecular flexibility index (Phi) is 5.53. The predicted molar refractivity (Wildman–Crippen MR) is 99.1 cm³/mol. The number of anilines is 2. The molecule has 8 heteroatoms. The lowest BCUT2D eigenvalue weighted by molar-refractivity contribution is -0.120. The van der Waals surface area contributed by atoms with Crippen molar-refractivity contribution in [1.82, 2.24) is 15.5 Å². The van der Waals surface area contributed by atoms with E-state index < -0.39 is 6.03 Å². The van der Waals surface area contributed by atoms with E-state index in [0.717, 1.165) is 13.1 Å². The van der Waals surface area contributed by atoms with Crippen molar-refractivity contribution in [2.75, 3.05) is 36.4 Å². The molecule has 8 nitrogen and oxygen atoms in total. The van der Waals surface area contributed by atoms with Gasteiger partial charge in [-0.2, -0.15) is 0 Å². The smallest absolute Gasteiger partial charge is 0.325 e. The number of carbonyl (C=O) groups excluding carboxylic acids is 3. The van der Waals surface area contributed by atoms with Crippen molar-refractivity contribution >= 4 is 29.2 Å². The van der Waals surface area contributed by atoms with Crippen molar-refractivity contribution in [2.45, 2.75) is 32.4 Å². The summed E-state index contributed by atoms with van der Waals surface area (Å²) in [4.78, 5) is 39.1. The standard InChI is InChI=1S/C18H25N5O3/c1-12-9-19-10-13(2)23(12)11-17(25)20-14-3-5-15(6-4-14)22-8-7-16(24)21-18(22)26/h3-6,12-13,19H,7-11H2,1-2H3,(H,20,25)(H,21,24,26). The van der Waals surface area contributed by atoms with E-state index in [1.807, 2.05) is 0 Å². The van der Waals surface area contributed by atoms with Crippen LogP contribution in [-0.4, -0.2) is 61.0 Å². The van der Waals surface area contributed by atoms with Gasteiger partial charge in [0.2, 0.25) is 11.8 Å². The number of nitrogens with one attached hydrogen (secondary N) is 3. The van der Waals surface area contributed by atoms with Crippen LogP contribution >= 0.6 is 0 Å². The van der Waals surface area contributed by atoms with E-state index in [4.69, 9.17) is 0 Å². The summed E-state index contributed by atoms with van der Waals surface area (Å²) < 4.78 is 0. The molecule has 2 fully saturated rings. The summed E-state index contributed by atoms with van der Waals surface area (Å²) in [6, 6.07) is 7.27.